The fraction of sp³-hybridized carbons (Fsp3) is 0.524. The van der Waals surface area contributed by atoms with Crippen LogP contribution in [-0.2, 0) is 0 Å². The van der Waals surface area contributed by atoms with Gasteiger partial charge in [0.15, 0.2) is 0 Å². The summed E-state index contributed by atoms with van der Waals surface area (Å²) in [6, 6.07) is 4.16. The van der Waals surface area contributed by atoms with Gasteiger partial charge in [0.2, 0.25) is 0 Å². The monoisotopic (exact) mass is 392 g/mol. The fourth-order valence-corrected chi connectivity index (χ4v) is 4.34. The molecule has 2 unspecified atom stereocenters. The van der Waals surface area contributed by atoms with Crippen LogP contribution in [0.5, 0.6) is 0 Å². The Morgan fingerprint density at radius 3 is 2.82 bits per heavy atom. The van der Waals surface area contributed by atoms with Crippen LogP contribution in [0.4, 0.5) is 8.78 Å². The number of hydrogen-bond donors (Lipinski definition) is 2. The van der Waals surface area contributed by atoms with Crippen molar-refractivity contribution in [3.63, 3.8) is 0 Å². The molecule has 2 heterocycles. The highest BCUT2D eigenvalue weighted by atomic mass is 19.1. The zero-order chi connectivity index (χ0) is 20.3. The molecule has 2 aliphatic rings. The number of rotatable bonds is 8. The van der Waals surface area contributed by atoms with Crippen molar-refractivity contribution in [2.75, 3.05) is 26.7 Å². The molecule has 0 saturated carbocycles. The summed E-state index contributed by atoms with van der Waals surface area (Å²) >= 11 is 0. The van der Waals surface area contributed by atoms with Crippen LogP contribution in [0.3, 0.4) is 0 Å². The molecule has 0 aliphatic carbocycles. The molecule has 2 atom stereocenters. The van der Waals surface area contributed by atoms with Gasteiger partial charge >= 0.3 is 0 Å². The summed E-state index contributed by atoms with van der Waals surface area (Å²) in [5, 5.41) is 13.7. The molecule has 1 fully saturated rings. The Balaban J connectivity index is 1.83. The number of halogens is 2. The minimum absolute atomic E-state index is 0.162. The largest absolute Gasteiger partial charge is 0.390 e. The lowest BCUT2D eigenvalue weighted by molar-refractivity contribution is 0.0921. The molecule has 0 bridgehead atoms. The number of nitrogens with zero attached hydrogens (tertiary/aromatic N) is 3. The maximum absolute atomic E-state index is 14.4. The minimum Gasteiger partial charge on any atom is -0.390 e. The van der Waals surface area contributed by atoms with Crippen LogP contribution < -0.4 is 5.53 Å². The van der Waals surface area contributed by atoms with Crippen LogP contribution in [0, 0.1) is 11.6 Å². The van der Waals surface area contributed by atoms with Crippen molar-refractivity contribution in [1.82, 2.24) is 20.5 Å². The van der Waals surface area contributed by atoms with E-state index in [0.717, 1.165) is 44.8 Å². The van der Waals surface area contributed by atoms with Crippen molar-refractivity contribution < 1.29 is 13.9 Å². The summed E-state index contributed by atoms with van der Waals surface area (Å²) in [7, 11) is 1.78. The summed E-state index contributed by atoms with van der Waals surface area (Å²) in [5.41, 5.74) is 4.65. The third kappa shape index (κ3) is 4.06. The van der Waals surface area contributed by atoms with Gasteiger partial charge < -0.3 is 5.11 Å². The average molecular weight is 392 g/mol. The van der Waals surface area contributed by atoms with E-state index in [0.29, 0.717) is 17.4 Å². The van der Waals surface area contributed by atoms with E-state index >= 15 is 0 Å². The molecule has 5 nitrogen and oxygen atoms in total. The zero-order valence-electron chi connectivity index (χ0n) is 16.7. The summed E-state index contributed by atoms with van der Waals surface area (Å²) in [6.45, 7) is 7.68. The van der Waals surface area contributed by atoms with Crippen LogP contribution in [0.1, 0.15) is 38.2 Å². The SMILES string of the molecule is C=CCC(CCC)N1CCC(N2NN(C)C(c3ccc(F)cc3F)=C2CO)C1. The summed E-state index contributed by atoms with van der Waals surface area (Å²) in [5.74, 6) is -1.26. The Bertz CT molecular complexity index is 739. The molecule has 28 heavy (non-hydrogen) atoms. The van der Waals surface area contributed by atoms with E-state index in [1.165, 1.54) is 12.1 Å². The second-order valence-corrected chi connectivity index (χ2v) is 7.51. The number of benzene rings is 1. The van der Waals surface area contributed by atoms with Crippen molar-refractivity contribution in [3.05, 3.63) is 53.7 Å². The highest BCUT2D eigenvalue weighted by molar-refractivity contribution is 5.68. The lowest BCUT2D eigenvalue weighted by Gasteiger charge is -2.31. The maximum Gasteiger partial charge on any atom is 0.135 e. The lowest BCUT2D eigenvalue weighted by Crippen LogP contribution is -2.47. The van der Waals surface area contributed by atoms with Gasteiger partial charge in [-0.2, -0.15) is 0 Å². The van der Waals surface area contributed by atoms with Crippen LogP contribution in [0.25, 0.3) is 5.70 Å². The predicted octanol–water partition coefficient (Wildman–Crippen LogP) is 3.11. The van der Waals surface area contributed by atoms with Gasteiger partial charge in [0.25, 0.3) is 0 Å². The van der Waals surface area contributed by atoms with E-state index in [1.807, 2.05) is 11.1 Å². The summed E-state index contributed by atoms with van der Waals surface area (Å²) in [4.78, 5) is 2.48. The van der Waals surface area contributed by atoms with Gasteiger partial charge in [-0.25, -0.2) is 8.78 Å². The van der Waals surface area contributed by atoms with E-state index in [4.69, 9.17) is 0 Å². The fourth-order valence-electron chi connectivity index (χ4n) is 4.34. The van der Waals surface area contributed by atoms with Crippen molar-refractivity contribution in [3.8, 4) is 0 Å². The Morgan fingerprint density at radius 1 is 1.39 bits per heavy atom. The molecule has 1 saturated heterocycles. The Kier molecular flexibility index (Phi) is 6.69. The van der Waals surface area contributed by atoms with Crippen molar-refractivity contribution in [2.24, 2.45) is 0 Å². The first-order chi connectivity index (χ1) is 13.5. The molecule has 1 aromatic carbocycles. The molecule has 2 N–H and O–H groups in total. The molecular formula is C21H30F2N4O. The van der Waals surface area contributed by atoms with Gasteiger partial charge in [-0.3, -0.25) is 14.9 Å². The van der Waals surface area contributed by atoms with Gasteiger partial charge in [0, 0.05) is 37.8 Å². The Labute approximate surface area is 165 Å². The summed E-state index contributed by atoms with van der Waals surface area (Å²) < 4.78 is 27.7. The van der Waals surface area contributed by atoms with Crippen molar-refractivity contribution in [1.29, 1.82) is 0 Å². The second-order valence-electron chi connectivity index (χ2n) is 7.51. The maximum atomic E-state index is 14.4. The molecule has 0 amide bonds. The molecular weight excluding hydrogens is 362 g/mol. The normalized spacial score (nSPS) is 21.7. The first kappa shape index (κ1) is 20.8. The van der Waals surface area contributed by atoms with E-state index in [1.54, 1.807) is 12.1 Å². The highest BCUT2D eigenvalue weighted by Crippen LogP contribution is 2.33. The third-order valence-corrected chi connectivity index (χ3v) is 5.63. The molecule has 3 rings (SSSR count). The smallest absolute Gasteiger partial charge is 0.135 e. The third-order valence-electron chi connectivity index (χ3n) is 5.63. The van der Waals surface area contributed by atoms with Crippen LogP contribution in [-0.4, -0.2) is 58.9 Å². The molecule has 7 heteroatoms. The van der Waals surface area contributed by atoms with Gasteiger partial charge in [0.05, 0.1) is 24.0 Å². The van der Waals surface area contributed by atoms with E-state index in [-0.39, 0.29) is 18.2 Å². The van der Waals surface area contributed by atoms with E-state index in [9.17, 15) is 13.9 Å². The van der Waals surface area contributed by atoms with Gasteiger partial charge in [-0.15, -0.1) is 12.1 Å². The summed E-state index contributed by atoms with van der Waals surface area (Å²) in [6.07, 6.45) is 6.13. The predicted molar refractivity (Wildman–Crippen MR) is 107 cm³/mol. The molecule has 0 aromatic heterocycles. The quantitative estimate of drug-likeness (QED) is 0.666. The molecule has 1 aromatic rings. The van der Waals surface area contributed by atoms with Gasteiger partial charge in [-0.1, -0.05) is 19.4 Å². The lowest BCUT2D eigenvalue weighted by atomic mass is 10.1. The van der Waals surface area contributed by atoms with E-state index < -0.39 is 11.6 Å². The number of likely N-dealkylation sites (tertiary alicyclic amines) is 1. The van der Waals surface area contributed by atoms with Crippen molar-refractivity contribution in [2.45, 2.75) is 44.7 Å². The van der Waals surface area contributed by atoms with Crippen molar-refractivity contribution >= 4 is 5.70 Å². The topological polar surface area (TPSA) is 42.0 Å². The van der Waals surface area contributed by atoms with Crippen LogP contribution >= 0.6 is 0 Å². The first-order valence-electron chi connectivity index (χ1n) is 9.93. The van der Waals surface area contributed by atoms with Crippen LogP contribution in [0.15, 0.2) is 36.6 Å². The standard InChI is InChI=1S/C21H30F2N4O/c1-4-6-16(7-5-2)26-11-10-17(13-26)27-20(14-28)21(25(3)24-27)18-9-8-15(22)12-19(18)23/h4,8-9,12,16-17,24,28H,1,5-7,10-11,13-14H2,2-3H3. The van der Waals surface area contributed by atoms with Gasteiger partial charge in [0.1, 0.15) is 11.6 Å². The molecule has 2 aliphatic heterocycles. The van der Waals surface area contributed by atoms with Crippen LogP contribution in [0.2, 0.25) is 0 Å². The molecule has 0 radical (unpaired) electrons. The number of hydrazine groups is 2. The highest BCUT2D eigenvalue weighted by Gasteiger charge is 2.37. The van der Waals surface area contributed by atoms with Gasteiger partial charge in [-0.05, 0) is 31.4 Å². The Morgan fingerprint density at radius 2 is 2.18 bits per heavy atom. The average Bonchev–Trinajstić information content (AvgIpc) is 3.26. The number of aliphatic hydroxyl groups is 1. The minimum atomic E-state index is -0.640. The second kappa shape index (κ2) is 9.03. The Hall–Kier alpha value is -1.96. The molecule has 0 spiro atoms. The van der Waals surface area contributed by atoms with E-state index in [2.05, 4.69) is 23.9 Å². The number of nitrogens with one attached hydrogen (secondary N) is 1. The first-order valence-corrected chi connectivity index (χ1v) is 9.93. The molecule has 154 valence electrons. The zero-order valence-corrected chi connectivity index (χ0v) is 16.7. The number of hydrogen-bond acceptors (Lipinski definition) is 5. The number of aliphatic hydroxyl groups excluding tert-OH is 1.